The van der Waals surface area contributed by atoms with E-state index < -0.39 is 0 Å². The number of thiophene rings is 1. The van der Waals surface area contributed by atoms with Crippen LogP contribution in [0.15, 0.2) is 192 Å². The number of rotatable bonds is 5. The average Bonchev–Trinajstić information content (AvgIpc) is 3.90. The Labute approximate surface area is 340 Å². The molecule has 0 spiro atoms. The van der Waals surface area contributed by atoms with Crippen LogP contribution in [0, 0.1) is 0 Å². The first-order valence-electron chi connectivity index (χ1n) is 20.0. The molecule has 274 valence electrons. The van der Waals surface area contributed by atoms with E-state index in [2.05, 4.69) is 207 Å². The molecular weight excluding hydrogens is 723 g/mol. The van der Waals surface area contributed by atoms with Crippen molar-refractivity contribution in [3.05, 3.63) is 199 Å². The minimum absolute atomic E-state index is 0.126. The van der Waals surface area contributed by atoms with Crippen molar-refractivity contribution in [2.45, 2.75) is 19.3 Å². The van der Waals surface area contributed by atoms with Crippen LogP contribution in [0.25, 0.3) is 86.3 Å². The molecule has 11 aromatic rings. The van der Waals surface area contributed by atoms with Gasteiger partial charge in [0.2, 0.25) is 0 Å². The maximum Gasteiger partial charge on any atom is 0.143 e. The fourth-order valence-electron chi connectivity index (χ4n) is 9.64. The topological polar surface area (TPSA) is 16.4 Å². The third kappa shape index (κ3) is 4.90. The first-order valence-corrected chi connectivity index (χ1v) is 20.8. The first kappa shape index (κ1) is 33.2. The molecule has 0 aliphatic heterocycles. The highest BCUT2D eigenvalue weighted by molar-refractivity contribution is 7.26. The standard InChI is InChI=1S/C55H37NOS/c1-55(2)48-21-10-8-17-42(48)43-29-27-38(32-49(43)55)56(37-25-23-34(24-26-37)41-19-12-20-46-45-18-9-11-22-51(45)58-54(41)46)39-28-30-44-47-31-36-15-6-7-16-40(36)52(35-13-4-3-5-14-35)53(47)57-50(44)33-39/h3-33H,1-2H3. The minimum Gasteiger partial charge on any atom is -0.455 e. The van der Waals surface area contributed by atoms with Gasteiger partial charge in [-0.25, -0.2) is 0 Å². The molecule has 0 N–H and O–H groups in total. The van der Waals surface area contributed by atoms with E-state index >= 15 is 0 Å². The van der Waals surface area contributed by atoms with E-state index in [0.29, 0.717) is 0 Å². The lowest BCUT2D eigenvalue weighted by Gasteiger charge is -2.28. The molecule has 1 aliphatic rings. The lowest BCUT2D eigenvalue weighted by molar-refractivity contribution is 0.660. The maximum atomic E-state index is 6.98. The highest BCUT2D eigenvalue weighted by Gasteiger charge is 2.35. The van der Waals surface area contributed by atoms with Crippen LogP contribution < -0.4 is 4.90 Å². The summed E-state index contributed by atoms with van der Waals surface area (Å²) in [4.78, 5) is 2.39. The summed E-state index contributed by atoms with van der Waals surface area (Å²) >= 11 is 1.88. The van der Waals surface area contributed by atoms with Crippen molar-refractivity contribution in [3.8, 4) is 33.4 Å². The van der Waals surface area contributed by atoms with Crippen molar-refractivity contribution in [3.63, 3.8) is 0 Å². The zero-order chi connectivity index (χ0) is 38.5. The second kappa shape index (κ2) is 12.5. The van der Waals surface area contributed by atoms with Crippen LogP contribution in [-0.2, 0) is 5.41 Å². The second-order valence-electron chi connectivity index (χ2n) is 16.1. The molecule has 0 fully saturated rings. The molecule has 0 amide bonds. The van der Waals surface area contributed by atoms with Gasteiger partial charge in [0, 0.05) is 65.1 Å². The van der Waals surface area contributed by atoms with Crippen LogP contribution in [0.1, 0.15) is 25.0 Å². The van der Waals surface area contributed by atoms with Gasteiger partial charge in [0.15, 0.2) is 0 Å². The van der Waals surface area contributed by atoms with Gasteiger partial charge in [-0.3, -0.25) is 0 Å². The van der Waals surface area contributed by atoms with Crippen molar-refractivity contribution in [2.75, 3.05) is 4.90 Å². The molecule has 0 unspecified atom stereocenters. The molecule has 0 radical (unpaired) electrons. The Morgan fingerprint density at radius 3 is 2.00 bits per heavy atom. The summed E-state index contributed by atoms with van der Waals surface area (Å²) in [7, 11) is 0. The van der Waals surface area contributed by atoms with Crippen molar-refractivity contribution in [1.82, 2.24) is 0 Å². The van der Waals surface area contributed by atoms with E-state index in [4.69, 9.17) is 4.42 Å². The predicted molar refractivity (Wildman–Crippen MR) is 247 cm³/mol. The summed E-state index contributed by atoms with van der Waals surface area (Å²) in [5.41, 5.74) is 15.0. The van der Waals surface area contributed by atoms with Crippen molar-refractivity contribution in [1.29, 1.82) is 0 Å². The zero-order valence-corrected chi connectivity index (χ0v) is 33.0. The molecule has 1 aliphatic carbocycles. The van der Waals surface area contributed by atoms with Crippen LogP contribution in [0.3, 0.4) is 0 Å². The number of fused-ring (bicyclic) bond motifs is 10. The molecule has 58 heavy (non-hydrogen) atoms. The Kier molecular flexibility index (Phi) is 7.18. The summed E-state index contributed by atoms with van der Waals surface area (Å²) < 4.78 is 9.62. The Balaban J connectivity index is 1.04. The van der Waals surface area contributed by atoms with Crippen molar-refractivity contribution in [2.24, 2.45) is 0 Å². The van der Waals surface area contributed by atoms with E-state index in [0.717, 1.165) is 50.1 Å². The summed E-state index contributed by atoms with van der Waals surface area (Å²) in [6, 6.07) is 68.7. The van der Waals surface area contributed by atoms with Gasteiger partial charge in [-0.05, 0) is 98.2 Å². The van der Waals surface area contributed by atoms with Gasteiger partial charge in [-0.1, -0.05) is 147 Å². The molecule has 12 rings (SSSR count). The first-order chi connectivity index (χ1) is 28.5. The van der Waals surface area contributed by atoms with Crippen LogP contribution in [0.4, 0.5) is 17.1 Å². The molecule has 9 aromatic carbocycles. The van der Waals surface area contributed by atoms with Crippen molar-refractivity contribution >= 4 is 81.3 Å². The molecular formula is C55H37NOS. The molecule has 0 saturated heterocycles. The summed E-state index contributed by atoms with van der Waals surface area (Å²) in [6.45, 7) is 4.70. The molecule has 0 saturated carbocycles. The van der Waals surface area contributed by atoms with Gasteiger partial charge in [-0.15, -0.1) is 11.3 Å². The molecule has 2 aromatic heterocycles. The van der Waals surface area contributed by atoms with Crippen LogP contribution >= 0.6 is 11.3 Å². The number of nitrogens with zero attached hydrogens (tertiary/aromatic N) is 1. The van der Waals surface area contributed by atoms with E-state index in [9.17, 15) is 0 Å². The maximum absolute atomic E-state index is 6.98. The molecule has 0 bridgehead atoms. The van der Waals surface area contributed by atoms with Crippen LogP contribution in [-0.4, -0.2) is 0 Å². The smallest absolute Gasteiger partial charge is 0.143 e. The quantitative estimate of drug-likeness (QED) is 0.174. The van der Waals surface area contributed by atoms with E-state index in [1.807, 2.05) is 11.3 Å². The Hall–Kier alpha value is -6.94. The predicted octanol–water partition coefficient (Wildman–Crippen LogP) is 16.2. The number of hydrogen-bond acceptors (Lipinski definition) is 3. The zero-order valence-electron chi connectivity index (χ0n) is 32.2. The molecule has 2 heterocycles. The number of furan rings is 1. The highest BCUT2D eigenvalue weighted by atomic mass is 32.1. The Morgan fingerprint density at radius 2 is 1.12 bits per heavy atom. The van der Waals surface area contributed by atoms with Gasteiger partial charge in [0.25, 0.3) is 0 Å². The molecule has 0 atom stereocenters. The monoisotopic (exact) mass is 759 g/mol. The minimum atomic E-state index is -0.126. The van der Waals surface area contributed by atoms with E-state index in [1.165, 1.54) is 64.3 Å². The van der Waals surface area contributed by atoms with Gasteiger partial charge in [-0.2, -0.15) is 0 Å². The Morgan fingerprint density at radius 1 is 0.448 bits per heavy atom. The fraction of sp³-hybridized carbons (Fsp3) is 0.0545. The average molecular weight is 760 g/mol. The van der Waals surface area contributed by atoms with Crippen LogP contribution in [0.5, 0.6) is 0 Å². The van der Waals surface area contributed by atoms with E-state index in [1.54, 1.807) is 0 Å². The highest BCUT2D eigenvalue weighted by Crippen LogP contribution is 2.51. The van der Waals surface area contributed by atoms with Crippen molar-refractivity contribution < 1.29 is 4.42 Å². The third-order valence-corrected chi connectivity index (χ3v) is 13.7. The third-order valence-electron chi connectivity index (χ3n) is 12.5. The lowest BCUT2D eigenvalue weighted by atomic mass is 9.82. The normalized spacial score (nSPS) is 13.1. The number of hydrogen-bond donors (Lipinski definition) is 0. The molecule has 2 nitrogen and oxygen atoms in total. The second-order valence-corrected chi connectivity index (χ2v) is 17.1. The number of benzene rings is 9. The van der Waals surface area contributed by atoms with Gasteiger partial charge in [0.1, 0.15) is 11.2 Å². The summed E-state index contributed by atoms with van der Waals surface area (Å²) in [6.07, 6.45) is 0. The summed E-state index contributed by atoms with van der Waals surface area (Å²) in [5, 5.41) is 7.26. The van der Waals surface area contributed by atoms with E-state index in [-0.39, 0.29) is 5.41 Å². The SMILES string of the molecule is CC1(C)c2ccccc2-c2ccc(N(c3ccc(-c4cccc5c4sc4ccccc45)cc3)c3ccc4c(c3)oc3c(-c5ccccc5)c5ccccc5cc34)cc21. The lowest BCUT2D eigenvalue weighted by Crippen LogP contribution is -2.16. The Bertz CT molecular complexity index is 3420. The van der Waals surface area contributed by atoms with Gasteiger partial charge >= 0.3 is 0 Å². The fourth-order valence-corrected chi connectivity index (χ4v) is 10.9. The van der Waals surface area contributed by atoms with Gasteiger partial charge in [0.05, 0.1) is 0 Å². The molecule has 3 heteroatoms. The largest absolute Gasteiger partial charge is 0.455 e. The summed E-state index contributed by atoms with van der Waals surface area (Å²) in [5.74, 6) is 0. The van der Waals surface area contributed by atoms with Crippen LogP contribution in [0.2, 0.25) is 0 Å². The van der Waals surface area contributed by atoms with Gasteiger partial charge < -0.3 is 9.32 Å². The number of anilines is 3.